The van der Waals surface area contributed by atoms with Crippen LogP contribution in [0.2, 0.25) is 0 Å². The molecule has 1 aromatic carbocycles. The van der Waals surface area contributed by atoms with Crippen molar-refractivity contribution >= 4 is 10.1 Å². The zero-order chi connectivity index (χ0) is 11.8. The number of epoxide rings is 1. The van der Waals surface area contributed by atoms with Crippen LogP contribution < -0.4 is 0 Å². The zero-order valence-corrected chi connectivity index (χ0v) is 9.53. The molecule has 1 N–H and O–H groups in total. The summed E-state index contributed by atoms with van der Waals surface area (Å²) in [5.41, 5.74) is 0.537. The van der Waals surface area contributed by atoms with Gasteiger partial charge in [0, 0.05) is 6.07 Å². The van der Waals surface area contributed by atoms with E-state index in [1.165, 1.54) is 18.2 Å². The second-order valence-electron chi connectivity index (χ2n) is 3.64. The van der Waals surface area contributed by atoms with Crippen molar-refractivity contribution in [1.82, 2.24) is 0 Å². The summed E-state index contributed by atoms with van der Waals surface area (Å²) < 4.78 is 33.2. The quantitative estimate of drug-likeness (QED) is 0.626. The largest absolute Gasteiger partial charge is 0.508 e. The van der Waals surface area contributed by atoms with Gasteiger partial charge in [0.15, 0.2) is 0 Å². The smallest absolute Gasteiger partial charge is 0.297 e. The lowest BCUT2D eigenvalue weighted by molar-refractivity contribution is 0.266. The van der Waals surface area contributed by atoms with E-state index in [-0.39, 0.29) is 23.4 Å². The normalized spacial score (nSPS) is 19.7. The van der Waals surface area contributed by atoms with E-state index in [2.05, 4.69) is 0 Å². The highest BCUT2D eigenvalue weighted by atomic mass is 32.2. The second-order valence-corrected chi connectivity index (χ2v) is 5.23. The van der Waals surface area contributed by atoms with Gasteiger partial charge in [-0.2, -0.15) is 8.42 Å². The molecule has 16 heavy (non-hydrogen) atoms. The standard InChI is InChI=1S/C10H12O5S/c1-7-2-3-8(11)4-10(7)16(12,13)15-6-9-5-14-9/h2-4,9,11H,5-6H2,1H3. The molecule has 1 unspecified atom stereocenters. The Hall–Kier alpha value is -1.11. The lowest BCUT2D eigenvalue weighted by atomic mass is 10.2. The molecule has 1 aromatic rings. The Balaban J connectivity index is 2.22. The topological polar surface area (TPSA) is 76.1 Å². The van der Waals surface area contributed by atoms with Gasteiger partial charge < -0.3 is 9.84 Å². The molecule has 0 radical (unpaired) electrons. The Morgan fingerprint density at radius 3 is 2.88 bits per heavy atom. The first-order chi connectivity index (χ1) is 7.49. The van der Waals surface area contributed by atoms with Crippen LogP contribution in [0.5, 0.6) is 5.75 Å². The molecule has 1 heterocycles. The average Bonchev–Trinajstić information content (AvgIpc) is 3.02. The number of phenols is 1. The van der Waals surface area contributed by atoms with Crippen LogP contribution in [0.15, 0.2) is 23.1 Å². The first kappa shape index (κ1) is 11.4. The molecular weight excluding hydrogens is 232 g/mol. The van der Waals surface area contributed by atoms with Gasteiger partial charge in [-0.05, 0) is 18.6 Å². The van der Waals surface area contributed by atoms with E-state index in [0.29, 0.717) is 12.2 Å². The summed E-state index contributed by atoms with van der Waals surface area (Å²) in [6, 6.07) is 4.13. The minimum absolute atomic E-state index is 0.00634. The summed E-state index contributed by atoms with van der Waals surface area (Å²) in [6.07, 6.45) is -0.118. The van der Waals surface area contributed by atoms with Gasteiger partial charge in [0.2, 0.25) is 0 Å². The van der Waals surface area contributed by atoms with E-state index in [1.807, 2.05) is 0 Å². The third-order valence-electron chi connectivity index (χ3n) is 2.25. The highest BCUT2D eigenvalue weighted by Crippen LogP contribution is 2.23. The maximum atomic E-state index is 11.7. The minimum atomic E-state index is -3.81. The van der Waals surface area contributed by atoms with Crippen LogP contribution in [0, 0.1) is 6.92 Å². The average molecular weight is 244 g/mol. The molecular formula is C10H12O5S. The fourth-order valence-electron chi connectivity index (χ4n) is 1.25. The molecule has 0 aliphatic carbocycles. The van der Waals surface area contributed by atoms with E-state index in [1.54, 1.807) is 6.92 Å². The Morgan fingerprint density at radius 2 is 2.25 bits per heavy atom. The summed E-state index contributed by atoms with van der Waals surface area (Å²) in [5, 5.41) is 9.25. The first-order valence-electron chi connectivity index (χ1n) is 4.80. The van der Waals surface area contributed by atoms with Crippen LogP contribution in [0.3, 0.4) is 0 Å². The molecule has 1 aliphatic rings. The molecule has 0 bridgehead atoms. The van der Waals surface area contributed by atoms with E-state index >= 15 is 0 Å². The van der Waals surface area contributed by atoms with Gasteiger partial charge in [-0.25, -0.2) is 0 Å². The summed E-state index contributed by atoms with van der Waals surface area (Å²) in [4.78, 5) is -0.00634. The van der Waals surface area contributed by atoms with Crippen molar-refractivity contribution in [3.8, 4) is 5.75 Å². The summed E-state index contributed by atoms with van der Waals surface area (Å²) in [5.74, 6) is -0.101. The zero-order valence-electron chi connectivity index (χ0n) is 8.71. The van der Waals surface area contributed by atoms with Crippen LogP contribution in [0.1, 0.15) is 5.56 Å². The molecule has 0 saturated carbocycles. The maximum Gasteiger partial charge on any atom is 0.297 e. The predicted molar refractivity (Wildman–Crippen MR) is 55.7 cm³/mol. The molecule has 88 valence electrons. The van der Waals surface area contributed by atoms with Gasteiger partial charge in [-0.3, -0.25) is 4.18 Å². The predicted octanol–water partition coefficient (Wildman–Crippen LogP) is 0.805. The Bertz CT molecular complexity index is 490. The first-order valence-corrected chi connectivity index (χ1v) is 6.20. The number of phenolic OH excluding ortho intramolecular Hbond substituents is 1. The maximum absolute atomic E-state index is 11.7. The molecule has 1 atom stereocenters. The van der Waals surface area contributed by atoms with Crippen LogP contribution in [-0.4, -0.2) is 32.8 Å². The Kier molecular flexibility index (Phi) is 2.88. The summed E-state index contributed by atoms with van der Waals surface area (Å²) >= 11 is 0. The summed E-state index contributed by atoms with van der Waals surface area (Å²) in [6.45, 7) is 2.20. The van der Waals surface area contributed by atoms with Crippen molar-refractivity contribution in [2.24, 2.45) is 0 Å². The second kappa shape index (κ2) is 4.04. The Labute approximate surface area is 93.7 Å². The number of rotatable bonds is 4. The fourth-order valence-corrected chi connectivity index (χ4v) is 2.44. The molecule has 0 spiro atoms. The molecule has 2 rings (SSSR count). The number of ether oxygens (including phenoxy) is 1. The molecule has 0 aromatic heterocycles. The molecule has 1 fully saturated rings. The molecule has 1 saturated heterocycles. The SMILES string of the molecule is Cc1ccc(O)cc1S(=O)(=O)OCC1CO1. The van der Waals surface area contributed by atoms with Gasteiger partial charge in [0.1, 0.15) is 16.7 Å². The lowest BCUT2D eigenvalue weighted by Crippen LogP contribution is -2.12. The highest BCUT2D eigenvalue weighted by molar-refractivity contribution is 7.86. The van der Waals surface area contributed by atoms with Crippen molar-refractivity contribution in [3.05, 3.63) is 23.8 Å². The van der Waals surface area contributed by atoms with Gasteiger partial charge in [0.05, 0.1) is 13.2 Å². The molecule has 1 aliphatic heterocycles. The number of benzene rings is 1. The van der Waals surface area contributed by atoms with Crippen molar-refractivity contribution in [1.29, 1.82) is 0 Å². The van der Waals surface area contributed by atoms with Crippen LogP contribution >= 0.6 is 0 Å². The fraction of sp³-hybridized carbons (Fsp3) is 0.400. The summed E-state index contributed by atoms with van der Waals surface area (Å²) in [7, 11) is -3.81. The third-order valence-corrected chi connectivity index (χ3v) is 3.68. The van der Waals surface area contributed by atoms with Crippen LogP contribution in [0.25, 0.3) is 0 Å². The van der Waals surface area contributed by atoms with Gasteiger partial charge >= 0.3 is 0 Å². The molecule has 0 amide bonds. The molecule has 6 heteroatoms. The third kappa shape index (κ3) is 2.52. The number of hydrogen-bond donors (Lipinski definition) is 1. The molecule has 5 nitrogen and oxygen atoms in total. The highest BCUT2D eigenvalue weighted by Gasteiger charge is 2.27. The number of aryl methyl sites for hydroxylation is 1. The minimum Gasteiger partial charge on any atom is -0.508 e. The van der Waals surface area contributed by atoms with Gasteiger partial charge in [-0.15, -0.1) is 0 Å². The van der Waals surface area contributed by atoms with Crippen molar-refractivity contribution in [2.75, 3.05) is 13.2 Å². The van der Waals surface area contributed by atoms with Crippen molar-refractivity contribution < 1.29 is 22.4 Å². The number of hydrogen-bond acceptors (Lipinski definition) is 5. The van der Waals surface area contributed by atoms with Crippen LogP contribution in [0.4, 0.5) is 0 Å². The van der Waals surface area contributed by atoms with Gasteiger partial charge in [0.25, 0.3) is 10.1 Å². The van der Waals surface area contributed by atoms with Crippen LogP contribution in [-0.2, 0) is 19.0 Å². The van der Waals surface area contributed by atoms with Gasteiger partial charge in [-0.1, -0.05) is 6.07 Å². The van der Waals surface area contributed by atoms with Crippen molar-refractivity contribution in [2.45, 2.75) is 17.9 Å². The monoisotopic (exact) mass is 244 g/mol. The lowest BCUT2D eigenvalue weighted by Gasteiger charge is -2.07. The van der Waals surface area contributed by atoms with E-state index < -0.39 is 10.1 Å². The van der Waals surface area contributed by atoms with E-state index in [4.69, 9.17) is 8.92 Å². The van der Waals surface area contributed by atoms with Crippen molar-refractivity contribution in [3.63, 3.8) is 0 Å². The number of aromatic hydroxyl groups is 1. The van der Waals surface area contributed by atoms with E-state index in [0.717, 1.165) is 0 Å². The van der Waals surface area contributed by atoms with E-state index in [9.17, 15) is 13.5 Å². The Morgan fingerprint density at radius 1 is 1.56 bits per heavy atom.